The molecule has 8 heteroatoms. The molecule has 132 valence electrons. The lowest BCUT2D eigenvalue weighted by Crippen LogP contribution is -2.31. The number of β-amino-alcohol motifs (C(OH)–C–C–N with tert-alkyl or cyclic N) is 1. The van der Waals surface area contributed by atoms with Gasteiger partial charge in [0.1, 0.15) is 5.70 Å². The molecule has 0 saturated heterocycles. The molecular weight excluding hydrogens is 328 g/mol. The van der Waals surface area contributed by atoms with E-state index in [4.69, 9.17) is 14.9 Å². The van der Waals surface area contributed by atoms with E-state index in [0.717, 1.165) is 6.08 Å². The first-order chi connectivity index (χ1) is 12.0. The minimum absolute atomic E-state index is 0.0633. The van der Waals surface area contributed by atoms with Gasteiger partial charge in [0.2, 0.25) is 0 Å². The number of hydrogen-bond acceptors (Lipinski definition) is 6. The zero-order chi connectivity index (χ0) is 18.4. The van der Waals surface area contributed by atoms with E-state index < -0.39 is 17.8 Å². The Balaban J connectivity index is 2.21. The summed E-state index contributed by atoms with van der Waals surface area (Å²) in [6.45, 7) is -0.0324. The molecule has 1 amide bonds. The summed E-state index contributed by atoms with van der Waals surface area (Å²) in [4.78, 5) is 36.1. The molecule has 0 unspecified atom stereocenters. The van der Waals surface area contributed by atoms with Gasteiger partial charge in [-0.15, -0.1) is 0 Å². The molecule has 25 heavy (non-hydrogen) atoms. The van der Waals surface area contributed by atoms with Crippen molar-refractivity contribution >= 4 is 29.6 Å². The smallest absolute Gasteiger partial charge is 0.337 e. The lowest BCUT2D eigenvalue weighted by molar-refractivity contribution is -0.136. The number of nitrogens with zero attached hydrogens (tertiary/aromatic N) is 1. The molecule has 1 aromatic rings. The first-order valence-corrected chi connectivity index (χ1v) is 7.46. The van der Waals surface area contributed by atoms with Gasteiger partial charge in [-0.1, -0.05) is 12.1 Å². The van der Waals surface area contributed by atoms with Crippen molar-refractivity contribution in [3.05, 3.63) is 47.2 Å². The Bertz CT molecular complexity index is 736. The number of rotatable bonds is 7. The third kappa shape index (κ3) is 4.45. The SMILES string of the molecule is COC(=O)C1=C(Nc2ccc(C=CC(=O)O)cc2)C(=O)N(CCO)C1. The molecule has 0 aliphatic carbocycles. The van der Waals surface area contributed by atoms with Crippen molar-refractivity contribution in [1.29, 1.82) is 0 Å². The number of aliphatic hydroxyl groups is 1. The van der Waals surface area contributed by atoms with Gasteiger partial charge in [0.05, 0.1) is 25.8 Å². The Morgan fingerprint density at radius 2 is 2.00 bits per heavy atom. The van der Waals surface area contributed by atoms with Crippen molar-refractivity contribution in [3.63, 3.8) is 0 Å². The van der Waals surface area contributed by atoms with Crippen molar-refractivity contribution in [3.8, 4) is 0 Å². The third-order valence-corrected chi connectivity index (χ3v) is 3.55. The highest BCUT2D eigenvalue weighted by Crippen LogP contribution is 2.23. The van der Waals surface area contributed by atoms with Gasteiger partial charge >= 0.3 is 11.9 Å². The summed E-state index contributed by atoms with van der Waals surface area (Å²) in [5.74, 6) is -2.06. The number of nitrogens with one attached hydrogen (secondary N) is 1. The highest BCUT2D eigenvalue weighted by molar-refractivity contribution is 6.08. The Morgan fingerprint density at radius 3 is 2.56 bits per heavy atom. The van der Waals surface area contributed by atoms with Gasteiger partial charge < -0.3 is 25.2 Å². The number of carboxylic acids is 1. The monoisotopic (exact) mass is 346 g/mol. The Morgan fingerprint density at radius 1 is 1.32 bits per heavy atom. The Hall–Kier alpha value is -3.13. The summed E-state index contributed by atoms with van der Waals surface area (Å²) in [7, 11) is 1.23. The number of methoxy groups -OCH3 is 1. The third-order valence-electron chi connectivity index (χ3n) is 3.55. The van der Waals surface area contributed by atoms with Crippen LogP contribution in [0.5, 0.6) is 0 Å². The second kappa shape index (κ2) is 8.11. The van der Waals surface area contributed by atoms with E-state index in [-0.39, 0.29) is 31.0 Å². The molecule has 3 N–H and O–H groups in total. The summed E-state index contributed by atoms with van der Waals surface area (Å²) in [6.07, 6.45) is 2.46. The van der Waals surface area contributed by atoms with Crippen LogP contribution in [0.25, 0.3) is 6.08 Å². The number of ether oxygens (including phenoxy) is 1. The van der Waals surface area contributed by atoms with Crippen molar-refractivity contribution in [1.82, 2.24) is 4.90 Å². The van der Waals surface area contributed by atoms with Crippen molar-refractivity contribution in [2.45, 2.75) is 0 Å². The van der Waals surface area contributed by atoms with Gasteiger partial charge in [0.15, 0.2) is 0 Å². The molecule has 0 spiro atoms. The molecule has 0 aromatic heterocycles. The molecule has 2 rings (SSSR count). The average molecular weight is 346 g/mol. The number of esters is 1. The van der Waals surface area contributed by atoms with Crippen LogP contribution in [-0.2, 0) is 19.1 Å². The van der Waals surface area contributed by atoms with Crippen LogP contribution in [0.15, 0.2) is 41.6 Å². The molecular formula is C17H18N2O6. The van der Waals surface area contributed by atoms with E-state index in [1.165, 1.54) is 18.1 Å². The van der Waals surface area contributed by atoms with Crippen LogP contribution in [0.2, 0.25) is 0 Å². The molecule has 1 heterocycles. The number of aliphatic carboxylic acids is 1. The molecule has 8 nitrogen and oxygen atoms in total. The van der Waals surface area contributed by atoms with E-state index in [2.05, 4.69) is 5.32 Å². The largest absolute Gasteiger partial charge is 0.478 e. The fourth-order valence-corrected chi connectivity index (χ4v) is 2.34. The topological polar surface area (TPSA) is 116 Å². The van der Waals surface area contributed by atoms with Crippen LogP contribution in [0.3, 0.4) is 0 Å². The summed E-state index contributed by atoms with van der Waals surface area (Å²) in [5.41, 5.74) is 1.53. The maximum absolute atomic E-state index is 12.4. The van der Waals surface area contributed by atoms with Crippen LogP contribution >= 0.6 is 0 Å². The molecule has 1 aliphatic heterocycles. The van der Waals surface area contributed by atoms with Crippen molar-refractivity contribution in [2.75, 3.05) is 32.1 Å². The van der Waals surface area contributed by atoms with E-state index in [9.17, 15) is 14.4 Å². The molecule has 0 fully saturated rings. The number of carboxylic acid groups (broad SMARTS) is 1. The predicted octanol–water partition coefficient (Wildman–Crippen LogP) is 0.458. The normalized spacial score (nSPS) is 14.3. The number of carbonyl (C=O) groups excluding carboxylic acids is 2. The van der Waals surface area contributed by atoms with Crippen LogP contribution in [0, 0.1) is 0 Å². The van der Waals surface area contributed by atoms with Gasteiger partial charge in [0.25, 0.3) is 5.91 Å². The van der Waals surface area contributed by atoms with Gasteiger partial charge in [-0.2, -0.15) is 0 Å². The number of anilines is 1. The molecule has 0 atom stereocenters. The van der Waals surface area contributed by atoms with E-state index in [1.54, 1.807) is 24.3 Å². The fourth-order valence-electron chi connectivity index (χ4n) is 2.34. The van der Waals surface area contributed by atoms with Gasteiger partial charge in [-0.25, -0.2) is 9.59 Å². The first kappa shape index (κ1) is 18.2. The minimum Gasteiger partial charge on any atom is -0.478 e. The van der Waals surface area contributed by atoms with Crippen LogP contribution < -0.4 is 5.32 Å². The fraction of sp³-hybridized carbons (Fsp3) is 0.235. The highest BCUT2D eigenvalue weighted by Gasteiger charge is 2.34. The van der Waals surface area contributed by atoms with Crippen LogP contribution in [-0.4, -0.2) is 59.8 Å². The molecule has 1 aliphatic rings. The second-order valence-electron chi connectivity index (χ2n) is 5.21. The number of hydrogen-bond donors (Lipinski definition) is 3. The summed E-state index contributed by atoms with van der Waals surface area (Å²) in [5, 5.41) is 20.5. The number of amides is 1. The summed E-state index contributed by atoms with van der Waals surface area (Å²) >= 11 is 0. The van der Waals surface area contributed by atoms with Crippen LogP contribution in [0.1, 0.15) is 5.56 Å². The zero-order valence-electron chi connectivity index (χ0n) is 13.6. The van der Waals surface area contributed by atoms with Gasteiger partial charge in [0, 0.05) is 18.3 Å². The number of benzene rings is 1. The van der Waals surface area contributed by atoms with Gasteiger partial charge in [-0.05, 0) is 23.8 Å². The average Bonchev–Trinajstić information content (AvgIpc) is 2.90. The Kier molecular flexibility index (Phi) is 5.91. The van der Waals surface area contributed by atoms with Crippen LogP contribution in [0.4, 0.5) is 5.69 Å². The lowest BCUT2D eigenvalue weighted by Gasteiger charge is -2.15. The standard InChI is InChI=1S/C17H18N2O6/c1-25-17(24)13-10-19(8-9-20)16(23)15(13)18-12-5-2-11(3-6-12)4-7-14(21)22/h2-7,18,20H,8-10H2,1H3,(H,21,22). The molecule has 0 saturated carbocycles. The zero-order valence-corrected chi connectivity index (χ0v) is 13.6. The van der Waals surface area contributed by atoms with Crippen molar-refractivity contribution in [2.24, 2.45) is 0 Å². The maximum atomic E-state index is 12.4. The quantitative estimate of drug-likeness (QED) is 0.485. The van der Waals surface area contributed by atoms with Gasteiger partial charge in [-0.3, -0.25) is 4.79 Å². The number of carbonyl (C=O) groups is 3. The van der Waals surface area contributed by atoms with Crippen molar-refractivity contribution < 1.29 is 29.3 Å². The Labute approximate surface area is 144 Å². The predicted molar refractivity (Wildman–Crippen MR) is 89.4 cm³/mol. The van der Waals surface area contributed by atoms with E-state index >= 15 is 0 Å². The van der Waals surface area contributed by atoms with E-state index in [1.807, 2.05) is 0 Å². The molecule has 0 radical (unpaired) electrons. The molecule has 0 bridgehead atoms. The summed E-state index contributed by atoms with van der Waals surface area (Å²) < 4.78 is 4.71. The maximum Gasteiger partial charge on any atom is 0.337 e. The lowest BCUT2D eigenvalue weighted by atomic mass is 10.1. The minimum atomic E-state index is -1.05. The highest BCUT2D eigenvalue weighted by atomic mass is 16.5. The van der Waals surface area contributed by atoms with E-state index in [0.29, 0.717) is 11.3 Å². The number of aliphatic hydroxyl groups excluding tert-OH is 1. The first-order valence-electron chi connectivity index (χ1n) is 7.46. The molecule has 1 aromatic carbocycles. The summed E-state index contributed by atoms with van der Waals surface area (Å²) in [6, 6.07) is 6.66. The second-order valence-corrected chi connectivity index (χ2v) is 5.21.